The lowest BCUT2D eigenvalue weighted by Crippen LogP contribution is -2.15. The predicted molar refractivity (Wildman–Crippen MR) is 49.9 cm³/mol. The van der Waals surface area contributed by atoms with Crippen LogP contribution in [-0.2, 0) is 0 Å². The highest BCUT2D eigenvalue weighted by Gasteiger charge is 2.09. The average molecular weight is 229 g/mol. The van der Waals surface area contributed by atoms with Crippen LogP contribution in [-0.4, -0.2) is 10.9 Å². The van der Waals surface area contributed by atoms with Gasteiger partial charge in [0.25, 0.3) is 5.91 Å². The Bertz CT molecular complexity index is 313. The topological polar surface area (TPSA) is 56.0 Å². The number of hydrogen-bond acceptors (Lipinski definition) is 2. The van der Waals surface area contributed by atoms with Gasteiger partial charge in [0.05, 0.1) is 11.3 Å². The summed E-state index contributed by atoms with van der Waals surface area (Å²) in [5, 5.41) is 0. The van der Waals surface area contributed by atoms with Crippen molar-refractivity contribution < 1.29 is 4.79 Å². The third-order valence-electron chi connectivity index (χ3n) is 1.61. The van der Waals surface area contributed by atoms with Gasteiger partial charge in [0.15, 0.2) is 0 Å². The predicted octanol–water partition coefficient (Wildman–Crippen LogP) is 1.56. The molecule has 2 N–H and O–H groups in total. The second-order valence-corrected chi connectivity index (χ2v) is 3.40. The summed E-state index contributed by atoms with van der Waals surface area (Å²) in [6.07, 6.45) is 0. The van der Waals surface area contributed by atoms with Crippen LogP contribution in [0, 0.1) is 13.8 Å². The lowest BCUT2D eigenvalue weighted by molar-refractivity contribution is 0.0998. The number of aromatic nitrogens is 1. The van der Waals surface area contributed by atoms with Gasteiger partial charge in [-0.25, -0.2) is 4.98 Å². The number of halogens is 1. The van der Waals surface area contributed by atoms with Crippen LogP contribution >= 0.6 is 15.9 Å². The molecule has 64 valence electrons. The van der Waals surface area contributed by atoms with Crippen molar-refractivity contribution in [2.24, 2.45) is 5.73 Å². The van der Waals surface area contributed by atoms with Gasteiger partial charge in [-0.15, -0.1) is 0 Å². The summed E-state index contributed by atoms with van der Waals surface area (Å²) < 4.78 is 0.725. The molecule has 0 saturated heterocycles. The number of carbonyl (C=O) groups excluding carboxylic acids is 1. The number of nitrogens with zero attached hydrogens (tertiary/aromatic N) is 1. The van der Waals surface area contributed by atoms with Crippen LogP contribution in [0.5, 0.6) is 0 Å². The molecule has 1 rings (SSSR count). The molecular formula is C8H9BrN2O. The Hall–Kier alpha value is -0.900. The van der Waals surface area contributed by atoms with Gasteiger partial charge in [0.1, 0.15) is 4.60 Å². The molecule has 0 spiro atoms. The van der Waals surface area contributed by atoms with Gasteiger partial charge >= 0.3 is 0 Å². The molecule has 1 amide bonds. The van der Waals surface area contributed by atoms with E-state index in [0.29, 0.717) is 11.3 Å². The van der Waals surface area contributed by atoms with E-state index in [1.54, 1.807) is 13.0 Å². The van der Waals surface area contributed by atoms with Crippen molar-refractivity contribution >= 4 is 21.8 Å². The maximum atomic E-state index is 10.9. The van der Waals surface area contributed by atoms with Crippen molar-refractivity contribution in [2.45, 2.75) is 13.8 Å². The quantitative estimate of drug-likeness (QED) is 0.743. The minimum atomic E-state index is -0.426. The maximum absolute atomic E-state index is 10.9. The lowest BCUT2D eigenvalue weighted by Gasteiger charge is -2.04. The van der Waals surface area contributed by atoms with Crippen LogP contribution in [0.3, 0.4) is 0 Å². The molecule has 0 aliphatic heterocycles. The summed E-state index contributed by atoms with van der Waals surface area (Å²) in [6, 6.07) is 1.77. The molecule has 0 aromatic carbocycles. The van der Waals surface area contributed by atoms with Crippen LogP contribution in [0.2, 0.25) is 0 Å². The monoisotopic (exact) mass is 228 g/mol. The molecule has 1 aromatic heterocycles. The first-order chi connectivity index (χ1) is 5.52. The summed E-state index contributed by atoms with van der Waals surface area (Å²) in [6.45, 7) is 3.59. The first-order valence-electron chi connectivity index (χ1n) is 3.46. The summed E-state index contributed by atoms with van der Waals surface area (Å²) in [5.41, 5.74) is 7.19. The summed E-state index contributed by atoms with van der Waals surface area (Å²) in [7, 11) is 0. The molecule has 0 bridgehead atoms. The fourth-order valence-electron chi connectivity index (χ4n) is 1.16. The number of hydrogen-bond donors (Lipinski definition) is 1. The van der Waals surface area contributed by atoms with E-state index in [4.69, 9.17) is 5.73 Å². The van der Waals surface area contributed by atoms with Crippen LogP contribution < -0.4 is 5.73 Å². The molecule has 4 heteroatoms. The van der Waals surface area contributed by atoms with Crippen LogP contribution in [0.1, 0.15) is 21.6 Å². The number of pyridine rings is 1. The highest BCUT2D eigenvalue weighted by atomic mass is 79.9. The van der Waals surface area contributed by atoms with Crippen molar-refractivity contribution in [2.75, 3.05) is 0 Å². The number of rotatable bonds is 1. The van der Waals surface area contributed by atoms with Crippen molar-refractivity contribution in [3.8, 4) is 0 Å². The van der Waals surface area contributed by atoms with Crippen molar-refractivity contribution in [3.63, 3.8) is 0 Å². The minimum Gasteiger partial charge on any atom is -0.366 e. The standard InChI is InChI=1S/C8H9BrN2O/c1-4-3-6(9)11-5(2)7(4)8(10)12/h3H,1-2H3,(H2,10,12). The first kappa shape index (κ1) is 9.19. The van der Waals surface area contributed by atoms with E-state index in [1.807, 2.05) is 6.92 Å². The number of aryl methyl sites for hydroxylation is 2. The zero-order chi connectivity index (χ0) is 9.30. The Morgan fingerprint density at radius 1 is 1.58 bits per heavy atom. The van der Waals surface area contributed by atoms with E-state index < -0.39 is 5.91 Å². The minimum absolute atomic E-state index is 0.426. The van der Waals surface area contributed by atoms with E-state index in [1.165, 1.54) is 0 Å². The molecule has 0 radical (unpaired) electrons. The van der Waals surface area contributed by atoms with E-state index >= 15 is 0 Å². The number of nitrogens with two attached hydrogens (primary N) is 1. The van der Waals surface area contributed by atoms with Crippen LogP contribution in [0.4, 0.5) is 0 Å². The Kier molecular flexibility index (Phi) is 2.47. The third kappa shape index (κ3) is 1.64. The molecule has 0 unspecified atom stereocenters. The van der Waals surface area contributed by atoms with Gasteiger partial charge in [-0.1, -0.05) is 0 Å². The SMILES string of the molecule is Cc1cc(Br)nc(C)c1C(N)=O. The third-order valence-corrected chi connectivity index (χ3v) is 2.02. The number of primary amides is 1. The molecule has 0 saturated carbocycles. The molecule has 0 atom stereocenters. The second kappa shape index (κ2) is 3.23. The maximum Gasteiger partial charge on any atom is 0.250 e. The number of carbonyl (C=O) groups is 1. The molecular weight excluding hydrogens is 220 g/mol. The largest absolute Gasteiger partial charge is 0.366 e. The van der Waals surface area contributed by atoms with Gasteiger partial charge in [0.2, 0.25) is 0 Å². The molecule has 12 heavy (non-hydrogen) atoms. The van der Waals surface area contributed by atoms with Crippen LogP contribution in [0.25, 0.3) is 0 Å². The Balaban J connectivity index is 3.38. The average Bonchev–Trinajstić information content (AvgIpc) is 1.82. The highest BCUT2D eigenvalue weighted by molar-refractivity contribution is 9.10. The molecule has 3 nitrogen and oxygen atoms in total. The molecule has 1 heterocycles. The lowest BCUT2D eigenvalue weighted by atomic mass is 10.1. The fraction of sp³-hybridized carbons (Fsp3) is 0.250. The number of amides is 1. The van der Waals surface area contributed by atoms with E-state index in [0.717, 1.165) is 10.2 Å². The van der Waals surface area contributed by atoms with Crippen molar-refractivity contribution in [3.05, 3.63) is 27.5 Å². The van der Waals surface area contributed by atoms with Gasteiger partial charge in [-0.05, 0) is 41.4 Å². The Morgan fingerprint density at radius 2 is 2.17 bits per heavy atom. The van der Waals surface area contributed by atoms with Crippen molar-refractivity contribution in [1.82, 2.24) is 4.98 Å². The van der Waals surface area contributed by atoms with Crippen molar-refractivity contribution in [1.29, 1.82) is 0 Å². The van der Waals surface area contributed by atoms with Gasteiger partial charge < -0.3 is 5.73 Å². The zero-order valence-corrected chi connectivity index (χ0v) is 8.47. The summed E-state index contributed by atoms with van der Waals surface area (Å²) >= 11 is 3.23. The van der Waals surface area contributed by atoms with Gasteiger partial charge in [0, 0.05) is 0 Å². The molecule has 0 aliphatic carbocycles. The van der Waals surface area contributed by atoms with Gasteiger partial charge in [-0.2, -0.15) is 0 Å². The second-order valence-electron chi connectivity index (χ2n) is 2.59. The normalized spacial score (nSPS) is 9.92. The van der Waals surface area contributed by atoms with E-state index in [-0.39, 0.29) is 0 Å². The Morgan fingerprint density at radius 3 is 2.58 bits per heavy atom. The summed E-state index contributed by atoms with van der Waals surface area (Å²) in [4.78, 5) is 15.0. The van der Waals surface area contributed by atoms with E-state index in [2.05, 4.69) is 20.9 Å². The molecule has 0 fully saturated rings. The Labute approximate surface area is 79.1 Å². The smallest absolute Gasteiger partial charge is 0.250 e. The molecule has 1 aromatic rings. The molecule has 0 aliphatic rings. The van der Waals surface area contributed by atoms with Gasteiger partial charge in [-0.3, -0.25) is 4.79 Å². The van der Waals surface area contributed by atoms with Crippen LogP contribution in [0.15, 0.2) is 10.7 Å². The fourth-order valence-corrected chi connectivity index (χ4v) is 1.77. The highest BCUT2D eigenvalue weighted by Crippen LogP contribution is 2.15. The zero-order valence-electron chi connectivity index (χ0n) is 6.89. The first-order valence-corrected chi connectivity index (χ1v) is 4.25. The summed E-state index contributed by atoms with van der Waals surface area (Å²) in [5.74, 6) is -0.426. The van der Waals surface area contributed by atoms with E-state index in [9.17, 15) is 4.79 Å².